The van der Waals surface area contributed by atoms with E-state index in [9.17, 15) is 33.2 Å². The summed E-state index contributed by atoms with van der Waals surface area (Å²) in [7, 11) is 0. The molecular weight excluding hydrogens is 341 g/mol. The molecule has 1 aromatic heterocycles. The third-order valence-corrected chi connectivity index (χ3v) is 3.65. The fourth-order valence-corrected chi connectivity index (χ4v) is 2.54. The highest BCUT2D eigenvalue weighted by Gasteiger charge is 2.33. The number of halogens is 3. The van der Waals surface area contributed by atoms with E-state index < -0.39 is 33.7 Å². The van der Waals surface area contributed by atoms with Crippen molar-refractivity contribution in [2.75, 3.05) is 0 Å². The highest BCUT2D eigenvalue weighted by atomic mass is 19.4. The number of fused-ring (bicyclic) bond motifs is 1. The lowest BCUT2D eigenvalue weighted by Crippen LogP contribution is -2.22. The molecule has 128 valence electrons. The minimum atomic E-state index is -4.68. The van der Waals surface area contributed by atoms with Gasteiger partial charge >= 0.3 is 17.4 Å². The van der Waals surface area contributed by atoms with Gasteiger partial charge in [0, 0.05) is 11.1 Å². The van der Waals surface area contributed by atoms with Gasteiger partial charge in [-0.15, -0.1) is 0 Å². The number of para-hydroxylation sites is 1. The van der Waals surface area contributed by atoms with Gasteiger partial charge in [0.2, 0.25) is 5.75 Å². The molecule has 0 aliphatic carbocycles. The molecule has 0 amide bonds. The van der Waals surface area contributed by atoms with Crippen LogP contribution in [-0.2, 0) is 6.18 Å². The Morgan fingerprint density at radius 2 is 1.72 bits per heavy atom. The monoisotopic (exact) mass is 350 g/mol. The van der Waals surface area contributed by atoms with Crippen LogP contribution in [0.15, 0.2) is 53.3 Å². The van der Waals surface area contributed by atoms with Crippen LogP contribution in [-0.4, -0.2) is 14.6 Å². The summed E-state index contributed by atoms with van der Waals surface area (Å²) in [4.78, 5) is 22.6. The smallest absolute Gasteiger partial charge is 0.416 e. The van der Waals surface area contributed by atoms with Crippen LogP contribution in [0.4, 0.5) is 18.9 Å². The van der Waals surface area contributed by atoms with Gasteiger partial charge in [0.05, 0.1) is 16.0 Å². The minimum absolute atomic E-state index is 0.139. The number of alkyl halides is 3. The quantitative estimate of drug-likeness (QED) is 0.565. The van der Waals surface area contributed by atoms with Gasteiger partial charge in [-0.25, -0.2) is 0 Å². The summed E-state index contributed by atoms with van der Waals surface area (Å²) in [6.07, 6.45) is -4.68. The molecule has 9 heteroatoms. The molecule has 0 unspecified atom stereocenters. The Kier molecular flexibility index (Phi) is 3.71. The first-order valence-corrected chi connectivity index (χ1v) is 6.90. The second kappa shape index (κ2) is 5.62. The Labute approximate surface area is 137 Å². The highest BCUT2D eigenvalue weighted by molar-refractivity contribution is 5.90. The molecule has 0 bridgehead atoms. The summed E-state index contributed by atoms with van der Waals surface area (Å²) < 4.78 is 39.8. The second-order valence-corrected chi connectivity index (χ2v) is 5.16. The van der Waals surface area contributed by atoms with Crippen molar-refractivity contribution in [3.8, 4) is 11.4 Å². The van der Waals surface area contributed by atoms with E-state index in [1.165, 1.54) is 24.3 Å². The molecule has 1 heterocycles. The SMILES string of the molecule is O=c1c([N+](=O)[O-])c(O)c2ccc(C(F)(F)F)cc2n1-c1ccccc1. The van der Waals surface area contributed by atoms with Crippen molar-refractivity contribution in [2.24, 2.45) is 0 Å². The highest BCUT2D eigenvalue weighted by Crippen LogP contribution is 2.36. The molecule has 0 aliphatic rings. The molecule has 0 fully saturated rings. The maximum absolute atomic E-state index is 13.0. The van der Waals surface area contributed by atoms with E-state index in [0.29, 0.717) is 12.1 Å². The molecule has 0 saturated heterocycles. The van der Waals surface area contributed by atoms with E-state index in [-0.39, 0.29) is 16.6 Å². The molecule has 0 atom stereocenters. The van der Waals surface area contributed by atoms with Gasteiger partial charge < -0.3 is 5.11 Å². The Hall–Kier alpha value is -3.36. The van der Waals surface area contributed by atoms with E-state index in [0.717, 1.165) is 10.6 Å². The van der Waals surface area contributed by atoms with E-state index in [1.807, 2.05) is 0 Å². The Balaban J connectivity index is 2.53. The summed E-state index contributed by atoms with van der Waals surface area (Å²) in [5.74, 6) is -0.967. The third kappa shape index (κ3) is 2.69. The Morgan fingerprint density at radius 1 is 1.08 bits per heavy atom. The van der Waals surface area contributed by atoms with Crippen LogP contribution in [0.2, 0.25) is 0 Å². The van der Waals surface area contributed by atoms with Gasteiger partial charge in [-0.3, -0.25) is 19.5 Å². The lowest BCUT2D eigenvalue weighted by molar-refractivity contribution is -0.387. The summed E-state index contributed by atoms with van der Waals surface area (Å²) in [6, 6.07) is 9.77. The first kappa shape index (κ1) is 16.5. The maximum Gasteiger partial charge on any atom is 0.416 e. The molecule has 0 saturated carbocycles. The molecule has 6 nitrogen and oxygen atoms in total. The topological polar surface area (TPSA) is 85.4 Å². The number of nitrogens with zero attached hydrogens (tertiary/aromatic N) is 2. The van der Waals surface area contributed by atoms with Crippen molar-refractivity contribution in [3.63, 3.8) is 0 Å². The van der Waals surface area contributed by atoms with Crippen molar-refractivity contribution in [1.29, 1.82) is 0 Å². The number of rotatable bonds is 2. The molecule has 0 radical (unpaired) electrons. The Morgan fingerprint density at radius 3 is 2.28 bits per heavy atom. The van der Waals surface area contributed by atoms with Crippen molar-refractivity contribution >= 4 is 16.6 Å². The first-order valence-electron chi connectivity index (χ1n) is 6.90. The van der Waals surface area contributed by atoms with Gasteiger partial charge in [-0.05, 0) is 30.3 Å². The zero-order valence-corrected chi connectivity index (χ0v) is 12.3. The summed E-state index contributed by atoms with van der Waals surface area (Å²) in [5, 5.41) is 20.9. The number of benzene rings is 2. The minimum Gasteiger partial charge on any atom is -0.501 e. The van der Waals surface area contributed by atoms with E-state index in [2.05, 4.69) is 0 Å². The average molecular weight is 350 g/mol. The largest absolute Gasteiger partial charge is 0.501 e. The van der Waals surface area contributed by atoms with Crippen molar-refractivity contribution in [3.05, 3.63) is 74.6 Å². The van der Waals surface area contributed by atoms with Crippen LogP contribution < -0.4 is 5.56 Å². The molecule has 3 aromatic rings. The zero-order valence-electron chi connectivity index (χ0n) is 12.3. The summed E-state index contributed by atoms with van der Waals surface area (Å²) in [5.41, 5.74) is -3.51. The van der Waals surface area contributed by atoms with Crippen LogP contribution in [0, 0.1) is 10.1 Å². The molecule has 3 rings (SSSR count). The van der Waals surface area contributed by atoms with E-state index >= 15 is 0 Å². The first-order chi connectivity index (χ1) is 11.7. The molecule has 1 N–H and O–H groups in total. The number of pyridine rings is 1. The molecule has 0 aliphatic heterocycles. The van der Waals surface area contributed by atoms with Crippen LogP contribution in [0.25, 0.3) is 16.6 Å². The van der Waals surface area contributed by atoms with Gasteiger partial charge in [0.25, 0.3) is 0 Å². The predicted octanol–water partition coefficient (Wildman–Crippen LogP) is 3.62. The molecular formula is C16H9F3N2O4. The lowest BCUT2D eigenvalue weighted by atomic mass is 10.1. The molecule has 0 spiro atoms. The summed E-state index contributed by atoms with van der Waals surface area (Å²) >= 11 is 0. The van der Waals surface area contributed by atoms with Crippen LogP contribution in [0.5, 0.6) is 5.75 Å². The third-order valence-electron chi connectivity index (χ3n) is 3.65. The van der Waals surface area contributed by atoms with Crippen molar-refractivity contribution < 1.29 is 23.2 Å². The number of hydrogen-bond donors (Lipinski definition) is 1. The predicted molar refractivity (Wildman–Crippen MR) is 82.9 cm³/mol. The maximum atomic E-state index is 13.0. The van der Waals surface area contributed by atoms with Crippen LogP contribution >= 0.6 is 0 Å². The van der Waals surface area contributed by atoms with E-state index in [4.69, 9.17) is 0 Å². The van der Waals surface area contributed by atoms with Gasteiger partial charge in [-0.1, -0.05) is 18.2 Å². The summed E-state index contributed by atoms with van der Waals surface area (Å²) in [6.45, 7) is 0. The second-order valence-electron chi connectivity index (χ2n) is 5.16. The standard InChI is InChI=1S/C16H9F3N2O4/c17-16(18,19)9-6-7-11-12(8-9)20(10-4-2-1-3-5-10)15(23)13(14(11)22)21(24)25/h1-8,22H. The molecule has 2 aromatic carbocycles. The fraction of sp³-hybridized carbons (Fsp3) is 0.0625. The van der Waals surface area contributed by atoms with Gasteiger partial charge in [0.1, 0.15) is 0 Å². The van der Waals surface area contributed by atoms with Gasteiger partial charge in [-0.2, -0.15) is 13.2 Å². The number of nitro groups is 1. The number of aromatic nitrogens is 1. The normalized spacial score (nSPS) is 11.6. The van der Waals surface area contributed by atoms with E-state index in [1.54, 1.807) is 6.07 Å². The fourth-order valence-electron chi connectivity index (χ4n) is 2.54. The Bertz CT molecular complexity index is 1040. The molecule has 25 heavy (non-hydrogen) atoms. The number of aromatic hydroxyl groups is 1. The van der Waals surface area contributed by atoms with Gasteiger partial charge in [0.15, 0.2) is 0 Å². The zero-order chi connectivity index (χ0) is 18.4. The van der Waals surface area contributed by atoms with Crippen molar-refractivity contribution in [1.82, 2.24) is 4.57 Å². The lowest BCUT2D eigenvalue weighted by Gasteiger charge is -2.14. The van der Waals surface area contributed by atoms with Crippen molar-refractivity contribution in [2.45, 2.75) is 6.18 Å². The van der Waals surface area contributed by atoms with Crippen LogP contribution in [0.3, 0.4) is 0 Å². The average Bonchev–Trinajstić information content (AvgIpc) is 2.54. The van der Waals surface area contributed by atoms with Crippen LogP contribution in [0.1, 0.15) is 5.56 Å². The number of hydrogen-bond acceptors (Lipinski definition) is 4.